The van der Waals surface area contributed by atoms with Crippen LogP contribution < -0.4 is 5.56 Å². The lowest BCUT2D eigenvalue weighted by Crippen LogP contribution is -2.28. The number of ether oxygens (including phenoxy) is 1. The molecule has 1 aliphatic carbocycles. The topological polar surface area (TPSA) is 94.6 Å². The van der Waals surface area contributed by atoms with Crippen LogP contribution in [0.2, 0.25) is 0 Å². The first-order valence-corrected chi connectivity index (χ1v) is 10.3. The molecule has 0 saturated heterocycles. The van der Waals surface area contributed by atoms with E-state index in [9.17, 15) is 14.4 Å². The van der Waals surface area contributed by atoms with Crippen molar-refractivity contribution in [3.05, 3.63) is 63.6 Å². The van der Waals surface area contributed by atoms with Gasteiger partial charge in [0.15, 0.2) is 0 Å². The zero-order chi connectivity index (χ0) is 22.1. The molecule has 0 radical (unpaired) electrons. The Labute approximate surface area is 179 Å². The van der Waals surface area contributed by atoms with Crippen LogP contribution in [-0.2, 0) is 22.5 Å². The summed E-state index contributed by atoms with van der Waals surface area (Å²) < 4.78 is 12.1. The predicted octanol–water partition coefficient (Wildman–Crippen LogP) is 3.01. The van der Waals surface area contributed by atoms with E-state index in [2.05, 4.69) is 4.98 Å². The highest BCUT2D eigenvalue weighted by Crippen LogP contribution is 2.35. The van der Waals surface area contributed by atoms with Crippen molar-refractivity contribution >= 4 is 22.8 Å². The first-order valence-electron chi connectivity index (χ1n) is 10.3. The minimum Gasteiger partial charge on any atom is -0.465 e. The smallest absolute Gasteiger partial charge is 0.341 e. The highest BCUT2D eigenvalue weighted by atomic mass is 16.5. The van der Waals surface area contributed by atoms with Crippen molar-refractivity contribution in [2.45, 2.75) is 45.2 Å². The molecule has 162 valence electrons. The second kappa shape index (κ2) is 8.37. The van der Waals surface area contributed by atoms with Crippen LogP contribution in [0.1, 0.15) is 53.0 Å². The Morgan fingerprint density at radius 3 is 2.74 bits per heavy atom. The van der Waals surface area contributed by atoms with Crippen LogP contribution >= 0.6 is 0 Å². The van der Waals surface area contributed by atoms with Gasteiger partial charge in [-0.1, -0.05) is 12.1 Å². The van der Waals surface area contributed by atoms with E-state index in [1.54, 1.807) is 35.6 Å². The normalized spacial score (nSPS) is 13.4. The van der Waals surface area contributed by atoms with Crippen LogP contribution in [0.4, 0.5) is 0 Å². The fourth-order valence-electron chi connectivity index (χ4n) is 3.74. The lowest BCUT2D eigenvalue weighted by Gasteiger charge is -2.17. The average Bonchev–Trinajstić information content (AvgIpc) is 3.53. The maximum atomic E-state index is 12.9. The SMILES string of the molecule is COC(=O)c1cc(CN(C)C(=O)CCc2nc3ccccc3c(=O)n2C2CC2)oc1C. The summed E-state index contributed by atoms with van der Waals surface area (Å²) in [4.78, 5) is 43.6. The van der Waals surface area contributed by atoms with Gasteiger partial charge in [-0.05, 0) is 38.0 Å². The van der Waals surface area contributed by atoms with E-state index in [0.717, 1.165) is 12.8 Å². The van der Waals surface area contributed by atoms with Crippen LogP contribution in [0, 0.1) is 6.92 Å². The molecule has 0 spiro atoms. The number of esters is 1. The highest BCUT2D eigenvalue weighted by molar-refractivity contribution is 5.90. The van der Waals surface area contributed by atoms with E-state index in [1.807, 2.05) is 18.2 Å². The molecular formula is C23H25N3O5. The van der Waals surface area contributed by atoms with Crippen molar-refractivity contribution in [1.29, 1.82) is 0 Å². The van der Waals surface area contributed by atoms with E-state index >= 15 is 0 Å². The standard InChI is InChI=1S/C23H25N3O5/c1-14-18(23(29)30-3)12-16(31-14)13-25(2)21(27)11-10-20-24-19-7-5-4-6-17(19)22(28)26(20)15-8-9-15/h4-7,12,15H,8-11,13H2,1-3H3. The Morgan fingerprint density at radius 2 is 2.03 bits per heavy atom. The largest absolute Gasteiger partial charge is 0.465 e. The number of aromatic nitrogens is 2. The molecule has 8 heteroatoms. The number of nitrogens with zero attached hydrogens (tertiary/aromatic N) is 3. The number of fused-ring (bicyclic) bond motifs is 1. The molecule has 8 nitrogen and oxygen atoms in total. The van der Waals surface area contributed by atoms with E-state index in [1.165, 1.54) is 7.11 Å². The minimum absolute atomic E-state index is 0.0368. The van der Waals surface area contributed by atoms with E-state index < -0.39 is 5.97 Å². The number of para-hydroxylation sites is 1. The number of rotatable bonds is 7. The van der Waals surface area contributed by atoms with Crippen molar-refractivity contribution in [3.63, 3.8) is 0 Å². The molecule has 2 heterocycles. The molecule has 0 atom stereocenters. The molecule has 1 aliphatic rings. The van der Waals surface area contributed by atoms with Crippen molar-refractivity contribution in [2.24, 2.45) is 0 Å². The lowest BCUT2D eigenvalue weighted by atomic mass is 10.2. The lowest BCUT2D eigenvalue weighted by molar-refractivity contribution is -0.130. The second-order valence-electron chi connectivity index (χ2n) is 7.88. The first-order chi connectivity index (χ1) is 14.9. The maximum absolute atomic E-state index is 12.9. The fourth-order valence-corrected chi connectivity index (χ4v) is 3.74. The van der Waals surface area contributed by atoms with Gasteiger partial charge in [0.2, 0.25) is 5.91 Å². The summed E-state index contributed by atoms with van der Waals surface area (Å²) >= 11 is 0. The Morgan fingerprint density at radius 1 is 1.29 bits per heavy atom. The number of carbonyl (C=O) groups excluding carboxylic acids is 2. The third kappa shape index (κ3) is 4.23. The Balaban J connectivity index is 1.47. The van der Waals surface area contributed by atoms with Gasteiger partial charge in [-0.25, -0.2) is 9.78 Å². The summed E-state index contributed by atoms with van der Waals surface area (Å²) in [6.07, 6.45) is 2.52. The number of amides is 1. The van der Waals surface area contributed by atoms with Crippen LogP contribution in [-0.4, -0.2) is 40.5 Å². The average molecular weight is 423 g/mol. The van der Waals surface area contributed by atoms with E-state index in [-0.39, 0.29) is 30.5 Å². The fraction of sp³-hybridized carbons (Fsp3) is 0.391. The van der Waals surface area contributed by atoms with Gasteiger partial charge in [0.25, 0.3) is 5.56 Å². The number of hydrogen-bond acceptors (Lipinski definition) is 6. The van der Waals surface area contributed by atoms with Crippen molar-refractivity contribution in [2.75, 3.05) is 14.2 Å². The van der Waals surface area contributed by atoms with Gasteiger partial charge in [-0.2, -0.15) is 0 Å². The molecule has 31 heavy (non-hydrogen) atoms. The van der Waals surface area contributed by atoms with Gasteiger partial charge in [0, 0.05) is 25.9 Å². The molecule has 0 unspecified atom stereocenters. The third-order valence-corrected chi connectivity index (χ3v) is 5.55. The highest BCUT2D eigenvalue weighted by Gasteiger charge is 2.28. The second-order valence-corrected chi connectivity index (χ2v) is 7.88. The van der Waals surface area contributed by atoms with Crippen LogP contribution in [0.25, 0.3) is 10.9 Å². The molecule has 0 aliphatic heterocycles. The summed E-state index contributed by atoms with van der Waals surface area (Å²) in [5.74, 6) is 1.04. The monoisotopic (exact) mass is 423 g/mol. The Hall–Kier alpha value is -3.42. The minimum atomic E-state index is -0.470. The first kappa shape index (κ1) is 20.8. The predicted molar refractivity (Wildman–Crippen MR) is 114 cm³/mol. The zero-order valence-corrected chi connectivity index (χ0v) is 17.9. The Bertz CT molecular complexity index is 1210. The zero-order valence-electron chi connectivity index (χ0n) is 17.9. The van der Waals surface area contributed by atoms with Gasteiger partial charge in [-0.3, -0.25) is 14.2 Å². The van der Waals surface area contributed by atoms with Gasteiger partial charge in [0.05, 0.1) is 24.6 Å². The number of aryl methyl sites for hydroxylation is 2. The maximum Gasteiger partial charge on any atom is 0.341 e. The molecule has 1 saturated carbocycles. The third-order valence-electron chi connectivity index (χ3n) is 5.55. The number of hydrogen-bond donors (Lipinski definition) is 0. The number of methoxy groups -OCH3 is 1. The summed E-state index contributed by atoms with van der Waals surface area (Å²) in [5.41, 5.74) is 0.971. The molecule has 1 aromatic carbocycles. The summed E-state index contributed by atoms with van der Waals surface area (Å²) in [5, 5.41) is 0.608. The molecule has 4 rings (SSSR count). The van der Waals surface area contributed by atoms with Gasteiger partial charge < -0.3 is 14.1 Å². The number of carbonyl (C=O) groups is 2. The molecule has 1 amide bonds. The Kier molecular flexibility index (Phi) is 5.63. The van der Waals surface area contributed by atoms with E-state index in [4.69, 9.17) is 9.15 Å². The van der Waals surface area contributed by atoms with Crippen LogP contribution in [0.3, 0.4) is 0 Å². The van der Waals surface area contributed by atoms with Gasteiger partial charge >= 0.3 is 5.97 Å². The molecule has 3 aromatic rings. The molecule has 0 N–H and O–H groups in total. The van der Waals surface area contributed by atoms with Crippen molar-refractivity contribution < 1.29 is 18.7 Å². The molecule has 2 aromatic heterocycles. The van der Waals surface area contributed by atoms with Crippen LogP contribution in [0.15, 0.2) is 39.5 Å². The van der Waals surface area contributed by atoms with E-state index in [0.29, 0.717) is 40.2 Å². The van der Waals surface area contributed by atoms with Gasteiger partial charge in [0.1, 0.15) is 22.9 Å². The van der Waals surface area contributed by atoms with Crippen molar-refractivity contribution in [3.8, 4) is 0 Å². The molecule has 1 fully saturated rings. The summed E-state index contributed by atoms with van der Waals surface area (Å²) in [6, 6.07) is 9.08. The number of benzene rings is 1. The summed E-state index contributed by atoms with van der Waals surface area (Å²) in [7, 11) is 2.99. The molecular weight excluding hydrogens is 398 g/mol. The van der Waals surface area contributed by atoms with Crippen molar-refractivity contribution in [1.82, 2.24) is 14.5 Å². The summed E-state index contributed by atoms with van der Waals surface area (Å²) in [6.45, 7) is 1.91. The van der Waals surface area contributed by atoms with Gasteiger partial charge in [-0.15, -0.1) is 0 Å². The van der Waals surface area contributed by atoms with Crippen LogP contribution in [0.5, 0.6) is 0 Å². The quantitative estimate of drug-likeness (QED) is 0.542. The number of furan rings is 1. The molecule has 0 bridgehead atoms.